The molecule has 2 aromatic rings. The van der Waals surface area contributed by atoms with Crippen LogP contribution in [0, 0.1) is 13.8 Å². The topological polar surface area (TPSA) is 47.8 Å². The SMILES string of the molecule is Cc1nn(C)c(C)c1CC(=O)c1cnccc1C(F)(F)F. The lowest BCUT2D eigenvalue weighted by molar-refractivity contribution is -0.138. The number of rotatable bonds is 3. The van der Waals surface area contributed by atoms with Crippen LogP contribution in [0.5, 0.6) is 0 Å². The standard InChI is InChI=1S/C14H14F3N3O/c1-8-10(9(2)20(3)19-8)6-13(21)11-7-18-5-4-12(11)14(15,16)17/h4-5,7H,6H2,1-3H3. The quantitative estimate of drug-likeness (QED) is 0.818. The number of hydrogen-bond acceptors (Lipinski definition) is 3. The maximum atomic E-state index is 12.9. The molecule has 0 saturated heterocycles. The summed E-state index contributed by atoms with van der Waals surface area (Å²) in [7, 11) is 1.72. The minimum atomic E-state index is -4.58. The number of Topliss-reactive ketones (excluding diaryl/α,β-unsaturated/α-hetero) is 1. The number of nitrogens with zero attached hydrogens (tertiary/aromatic N) is 3. The van der Waals surface area contributed by atoms with Crippen molar-refractivity contribution in [2.24, 2.45) is 7.05 Å². The Labute approximate surface area is 119 Å². The van der Waals surface area contributed by atoms with Crippen LogP contribution in [0.3, 0.4) is 0 Å². The minimum Gasteiger partial charge on any atom is -0.294 e. The zero-order valence-electron chi connectivity index (χ0n) is 11.8. The summed E-state index contributed by atoms with van der Waals surface area (Å²) in [6, 6.07) is 0.816. The number of carbonyl (C=O) groups excluding carboxylic acids is 1. The third-order valence-corrected chi connectivity index (χ3v) is 3.42. The summed E-state index contributed by atoms with van der Waals surface area (Å²) < 4.78 is 40.3. The highest BCUT2D eigenvalue weighted by Crippen LogP contribution is 2.32. The van der Waals surface area contributed by atoms with E-state index in [1.54, 1.807) is 25.6 Å². The van der Waals surface area contributed by atoms with E-state index in [0.717, 1.165) is 24.2 Å². The first-order valence-electron chi connectivity index (χ1n) is 6.25. The number of pyridine rings is 1. The predicted molar refractivity (Wildman–Crippen MR) is 70.0 cm³/mol. The van der Waals surface area contributed by atoms with E-state index >= 15 is 0 Å². The molecule has 0 N–H and O–H groups in total. The molecule has 0 radical (unpaired) electrons. The molecule has 7 heteroatoms. The number of aromatic nitrogens is 3. The van der Waals surface area contributed by atoms with Crippen LogP contribution in [-0.4, -0.2) is 20.5 Å². The fraction of sp³-hybridized carbons (Fsp3) is 0.357. The van der Waals surface area contributed by atoms with Crippen LogP contribution >= 0.6 is 0 Å². The van der Waals surface area contributed by atoms with Crippen molar-refractivity contribution < 1.29 is 18.0 Å². The Bertz CT molecular complexity index is 689. The summed E-state index contributed by atoms with van der Waals surface area (Å²) in [6.07, 6.45) is -2.71. The second kappa shape index (κ2) is 5.31. The Morgan fingerprint density at radius 2 is 2.00 bits per heavy atom. The molecule has 0 bridgehead atoms. The number of hydrogen-bond donors (Lipinski definition) is 0. The van der Waals surface area contributed by atoms with Crippen molar-refractivity contribution in [2.45, 2.75) is 26.4 Å². The highest BCUT2D eigenvalue weighted by molar-refractivity contribution is 5.99. The van der Waals surface area contributed by atoms with Gasteiger partial charge in [0.05, 0.1) is 11.3 Å². The van der Waals surface area contributed by atoms with E-state index < -0.39 is 23.1 Å². The van der Waals surface area contributed by atoms with E-state index in [1.807, 2.05) is 0 Å². The number of ketones is 1. The van der Waals surface area contributed by atoms with E-state index in [2.05, 4.69) is 10.1 Å². The Kier molecular flexibility index (Phi) is 3.85. The van der Waals surface area contributed by atoms with Gasteiger partial charge in [0.2, 0.25) is 0 Å². The first-order chi connectivity index (χ1) is 9.71. The Hall–Kier alpha value is -2.18. The van der Waals surface area contributed by atoms with Gasteiger partial charge >= 0.3 is 6.18 Å². The molecule has 112 valence electrons. The molecule has 0 amide bonds. The Morgan fingerprint density at radius 3 is 2.52 bits per heavy atom. The molecule has 2 aromatic heterocycles. The molecule has 0 aliphatic rings. The summed E-state index contributed by atoms with van der Waals surface area (Å²) in [6.45, 7) is 3.50. The van der Waals surface area contributed by atoms with Gasteiger partial charge in [0, 0.05) is 42.7 Å². The van der Waals surface area contributed by atoms with E-state index in [0.29, 0.717) is 11.3 Å². The summed E-state index contributed by atoms with van der Waals surface area (Å²) in [5.74, 6) is -0.616. The molecule has 0 aliphatic carbocycles. The van der Waals surface area contributed by atoms with Gasteiger partial charge in [0.1, 0.15) is 0 Å². The van der Waals surface area contributed by atoms with Crippen molar-refractivity contribution in [1.29, 1.82) is 0 Å². The molecule has 0 spiro atoms. The molecular weight excluding hydrogens is 283 g/mol. The third-order valence-electron chi connectivity index (χ3n) is 3.42. The summed E-state index contributed by atoms with van der Waals surface area (Å²) in [5, 5.41) is 4.16. The van der Waals surface area contributed by atoms with Crippen LogP contribution in [0.2, 0.25) is 0 Å². The van der Waals surface area contributed by atoms with Crippen LogP contribution < -0.4 is 0 Å². The molecule has 0 saturated carbocycles. The second-order valence-corrected chi connectivity index (χ2v) is 4.79. The third kappa shape index (κ3) is 2.96. The van der Waals surface area contributed by atoms with E-state index in [4.69, 9.17) is 0 Å². The Morgan fingerprint density at radius 1 is 1.33 bits per heavy atom. The lowest BCUT2D eigenvalue weighted by Crippen LogP contribution is -2.15. The number of aryl methyl sites for hydroxylation is 2. The van der Waals surface area contributed by atoms with Crippen molar-refractivity contribution in [3.63, 3.8) is 0 Å². The molecule has 0 atom stereocenters. The fourth-order valence-corrected chi connectivity index (χ4v) is 2.19. The van der Waals surface area contributed by atoms with Gasteiger partial charge in [-0.3, -0.25) is 14.5 Å². The monoisotopic (exact) mass is 297 g/mol. The summed E-state index contributed by atoms with van der Waals surface area (Å²) in [4.78, 5) is 15.8. The van der Waals surface area contributed by atoms with Gasteiger partial charge in [0.25, 0.3) is 0 Å². The van der Waals surface area contributed by atoms with Gasteiger partial charge in [-0.1, -0.05) is 0 Å². The number of carbonyl (C=O) groups is 1. The highest BCUT2D eigenvalue weighted by atomic mass is 19.4. The fourth-order valence-electron chi connectivity index (χ4n) is 2.19. The van der Waals surface area contributed by atoms with Crippen LogP contribution in [-0.2, 0) is 19.6 Å². The van der Waals surface area contributed by atoms with Crippen LogP contribution in [0.1, 0.15) is 32.9 Å². The van der Waals surface area contributed by atoms with Gasteiger partial charge in [0.15, 0.2) is 5.78 Å². The molecule has 0 aliphatic heterocycles. The van der Waals surface area contributed by atoms with Gasteiger partial charge in [-0.25, -0.2) is 0 Å². The van der Waals surface area contributed by atoms with Crippen LogP contribution in [0.25, 0.3) is 0 Å². The molecule has 0 aromatic carbocycles. The summed E-state index contributed by atoms with van der Waals surface area (Å²) >= 11 is 0. The van der Waals surface area contributed by atoms with Gasteiger partial charge < -0.3 is 0 Å². The maximum absolute atomic E-state index is 12.9. The summed E-state index contributed by atoms with van der Waals surface area (Å²) in [5.41, 5.74) is 0.688. The van der Waals surface area contributed by atoms with E-state index in [9.17, 15) is 18.0 Å². The number of alkyl halides is 3. The minimum absolute atomic E-state index is 0.125. The number of halogens is 3. The molecule has 21 heavy (non-hydrogen) atoms. The van der Waals surface area contributed by atoms with Gasteiger partial charge in [-0.2, -0.15) is 18.3 Å². The maximum Gasteiger partial charge on any atom is 0.417 e. The first kappa shape index (κ1) is 15.2. The van der Waals surface area contributed by atoms with Crippen molar-refractivity contribution in [3.8, 4) is 0 Å². The van der Waals surface area contributed by atoms with E-state index in [1.165, 1.54) is 0 Å². The molecular formula is C14H14F3N3O. The highest BCUT2D eigenvalue weighted by Gasteiger charge is 2.35. The first-order valence-corrected chi connectivity index (χ1v) is 6.25. The molecule has 4 nitrogen and oxygen atoms in total. The van der Waals surface area contributed by atoms with Crippen molar-refractivity contribution in [2.75, 3.05) is 0 Å². The van der Waals surface area contributed by atoms with E-state index in [-0.39, 0.29) is 6.42 Å². The largest absolute Gasteiger partial charge is 0.417 e. The van der Waals surface area contributed by atoms with Crippen molar-refractivity contribution >= 4 is 5.78 Å². The molecule has 2 heterocycles. The van der Waals surface area contributed by atoms with Gasteiger partial charge in [-0.15, -0.1) is 0 Å². The van der Waals surface area contributed by atoms with Gasteiger partial charge in [-0.05, 0) is 19.9 Å². The zero-order chi connectivity index (χ0) is 15.8. The second-order valence-electron chi connectivity index (χ2n) is 4.79. The molecule has 0 fully saturated rings. The average molecular weight is 297 g/mol. The van der Waals surface area contributed by atoms with Crippen LogP contribution in [0.4, 0.5) is 13.2 Å². The van der Waals surface area contributed by atoms with Crippen molar-refractivity contribution in [1.82, 2.24) is 14.8 Å². The molecule has 0 unspecified atom stereocenters. The smallest absolute Gasteiger partial charge is 0.294 e. The molecule has 2 rings (SSSR count). The zero-order valence-corrected chi connectivity index (χ0v) is 11.8. The Balaban J connectivity index is 2.38. The van der Waals surface area contributed by atoms with Crippen molar-refractivity contribution in [3.05, 3.63) is 46.5 Å². The normalized spacial score (nSPS) is 11.7. The lowest BCUT2D eigenvalue weighted by atomic mass is 9.99. The predicted octanol–water partition coefficient (Wildman–Crippen LogP) is 2.88. The lowest BCUT2D eigenvalue weighted by Gasteiger charge is -2.11. The van der Waals surface area contributed by atoms with Crippen LogP contribution in [0.15, 0.2) is 18.5 Å². The average Bonchev–Trinajstić information content (AvgIpc) is 2.64.